The molecule has 0 fully saturated rings. The van der Waals surface area contributed by atoms with Crippen LogP contribution in [0.15, 0.2) is 34.9 Å². The van der Waals surface area contributed by atoms with Gasteiger partial charge in [-0.3, -0.25) is 9.59 Å². The van der Waals surface area contributed by atoms with E-state index in [1.165, 1.54) is 0 Å². The van der Waals surface area contributed by atoms with Crippen LogP contribution in [0.3, 0.4) is 0 Å². The van der Waals surface area contributed by atoms with Gasteiger partial charge in [0.15, 0.2) is 5.69 Å². The fourth-order valence-corrected chi connectivity index (χ4v) is 1.76. The molecule has 2 aromatic rings. The zero-order valence-corrected chi connectivity index (χ0v) is 12.4. The molecule has 116 valence electrons. The highest BCUT2D eigenvalue weighted by molar-refractivity contribution is 5.94. The van der Waals surface area contributed by atoms with Crippen molar-refractivity contribution in [2.75, 3.05) is 20.2 Å². The van der Waals surface area contributed by atoms with Gasteiger partial charge in [-0.1, -0.05) is 5.16 Å². The van der Waals surface area contributed by atoms with Crippen molar-refractivity contribution in [3.63, 3.8) is 0 Å². The van der Waals surface area contributed by atoms with Gasteiger partial charge in [-0.2, -0.15) is 0 Å². The van der Waals surface area contributed by atoms with Gasteiger partial charge in [0.05, 0.1) is 7.11 Å². The molecule has 0 saturated heterocycles. The van der Waals surface area contributed by atoms with Crippen LogP contribution in [0, 0.1) is 6.92 Å². The third-order valence-electron chi connectivity index (χ3n) is 2.91. The lowest BCUT2D eigenvalue weighted by Gasteiger charge is -2.06. The number of hydrogen-bond donors (Lipinski definition) is 2. The highest BCUT2D eigenvalue weighted by Gasteiger charge is 2.10. The number of amides is 2. The van der Waals surface area contributed by atoms with Crippen molar-refractivity contribution in [3.8, 4) is 5.75 Å². The zero-order valence-electron chi connectivity index (χ0n) is 12.4. The van der Waals surface area contributed by atoms with Crippen molar-refractivity contribution >= 4 is 11.8 Å². The van der Waals surface area contributed by atoms with Crippen molar-refractivity contribution in [2.45, 2.75) is 6.92 Å². The maximum Gasteiger partial charge on any atom is 0.273 e. The van der Waals surface area contributed by atoms with Gasteiger partial charge in [0, 0.05) is 24.7 Å². The van der Waals surface area contributed by atoms with Gasteiger partial charge in [-0.05, 0) is 31.2 Å². The average molecular weight is 303 g/mol. The van der Waals surface area contributed by atoms with E-state index >= 15 is 0 Å². The van der Waals surface area contributed by atoms with Crippen molar-refractivity contribution in [3.05, 3.63) is 47.3 Å². The second-order valence-corrected chi connectivity index (χ2v) is 4.56. The van der Waals surface area contributed by atoms with Gasteiger partial charge in [-0.15, -0.1) is 0 Å². The summed E-state index contributed by atoms with van der Waals surface area (Å²) in [5, 5.41) is 8.96. The number of methoxy groups -OCH3 is 1. The van der Waals surface area contributed by atoms with Gasteiger partial charge < -0.3 is 19.9 Å². The average Bonchev–Trinajstić information content (AvgIpc) is 2.98. The summed E-state index contributed by atoms with van der Waals surface area (Å²) < 4.78 is 9.84. The van der Waals surface area contributed by atoms with E-state index in [1.54, 1.807) is 44.4 Å². The summed E-state index contributed by atoms with van der Waals surface area (Å²) in [5.74, 6) is 0.703. The third kappa shape index (κ3) is 4.08. The van der Waals surface area contributed by atoms with Crippen LogP contribution in [0.4, 0.5) is 0 Å². The second-order valence-electron chi connectivity index (χ2n) is 4.56. The number of ether oxygens (including phenoxy) is 1. The monoisotopic (exact) mass is 303 g/mol. The van der Waals surface area contributed by atoms with Crippen LogP contribution < -0.4 is 15.4 Å². The minimum atomic E-state index is -0.337. The van der Waals surface area contributed by atoms with Crippen LogP contribution in [-0.2, 0) is 0 Å². The number of nitrogens with zero attached hydrogens (tertiary/aromatic N) is 1. The van der Waals surface area contributed by atoms with E-state index in [9.17, 15) is 9.59 Å². The topological polar surface area (TPSA) is 93.5 Å². The molecule has 1 aromatic heterocycles. The molecular formula is C15H17N3O4. The molecule has 0 atom stereocenters. The van der Waals surface area contributed by atoms with Crippen LogP contribution in [-0.4, -0.2) is 37.2 Å². The second kappa shape index (κ2) is 7.26. The van der Waals surface area contributed by atoms with Crippen LogP contribution in [0.25, 0.3) is 0 Å². The minimum Gasteiger partial charge on any atom is -0.497 e. The normalized spacial score (nSPS) is 10.1. The number of nitrogens with one attached hydrogen (secondary N) is 2. The molecule has 1 heterocycles. The number of benzene rings is 1. The van der Waals surface area contributed by atoms with Crippen LogP contribution >= 0.6 is 0 Å². The lowest BCUT2D eigenvalue weighted by atomic mass is 10.2. The predicted molar refractivity (Wildman–Crippen MR) is 78.9 cm³/mol. The molecule has 0 saturated carbocycles. The maximum atomic E-state index is 11.9. The molecule has 2 amide bonds. The summed E-state index contributed by atoms with van der Waals surface area (Å²) in [6, 6.07) is 8.31. The molecule has 0 radical (unpaired) electrons. The highest BCUT2D eigenvalue weighted by atomic mass is 16.5. The SMILES string of the molecule is COc1ccc(C(=O)NCCNC(=O)c2cc(C)on2)cc1. The van der Waals surface area contributed by atoms with Gasteiger partial charge in [0.2, 0.25) is 0 Å². The fraction of sp³-hybridized carbons (Fsp3) is 0.267. The van der Waals surface area contributed by atoms with E-state index in [1.807, 2.05) is 0 Å². The van der Waals surface area contributed by atoms with E-state index in [0.29, 0.717) is 30.2 Å². The standard InChI is InChI=1S/C15H17N3O4/c1-10-9-13(18-22-10)15(20)17-8-7-16-14(19)11-3-5-12(21-2)6-4-11/h3-6,9H,7-8H2,1-2H3,(H,16,19)(H,17,20). The Morgan fingerprint density at radius 1 is 1.14 bits per heavy atom. The summed E-state index contributed by atoms with van der Waals surface area (Å²) in [4.78, 5) is 23.6. The number of carbonyl (C=O) groups excluding carboxylic acids is 2. The van der Waals surface area contributed by atoms with E-state index in [0.717, 1.165) is 0 Å². The first-order chi connectivity index (χ1) is 10.6. The highest BCUT2D eigenvalue weighted by Crippen LogP contribution is 2.10. The molecular weight excluding hydrogens is 286 g/mol. The summed E-state index contributed by atoms with van der Waals surface area (Å²) in [6.45, 7) is 2.32. The number of aryl methyl sites for hydroxylation is 1. The zero-order chi connectivity index (χ0) is 15.9. The Morgan fingerprint density at radius 3 is 2.32 bits per heavy atom. The first-order valence-corrected chi connectivity index (χ1v) is 6.74. The lowest BCUT2D eigenvalue weighted by Crippen LogP contribution is -2.34. The quantitative estimate of drug-likeness (QED) is 0.781. The molecule has 7 heteroatoms. The van der Waals surface area contributed by atoms with Gasteiger partial charge in [0.1, 0.15) is 11.5 Å². The molecule has 0 unspecified atom stereocenters. The maximum absolute atomic E-state index is 11.9. The first-order valence-electron chi connectivity index (χ1n) is 6.74. The molecule has 2 N–H and O–H groups in total. The number of rotatable bonds is 6. The molecule has 22 heavy (non-hydrogen) atoms. The Morgan fingerprint density at radius 2 is 1.77 bits per heavy atom. The molecule has 0 bridgehead atoms. The summed E-state index contributed by atoms with van der Waals surface area (Å²) in [7, 11) is 1.56. The molecule has 7 nitrogen and oxygen atoms in total. The first kappa shape index (κ1) is 15.6. The number of carbonyl (C=O) groups is 2. The molecule has 2 rings (SSSR count). The Bertz CT molecular complexity index is 649. The summed E-state index contributed by atoms with van der Waals surface area (Å²) >= 11 is 0. The largest absolute Gasteiger partial charge is 0.497 e. The summed E-state index contributed by atoms with van der Waals surface area (Å²) in [5.41, 5.74) is 0.748. The fourth-order valence-electron chi connectivity index (χ4n) is 1.76. The smallest absolute Gasteiger partial charge is 0.273 e. The molecule has 1 aromatic carbocycles. The van der Waals surface area contributed by atoms with Gasteiger partial charge in [0.25, 0.3) is 11.8 Å². The van der Waals surface area contributed by atoms with E-state index in [-0.39, 0.29) is 17.5 Å². The molecule has 0 aliphatic carbocycles. The molecule has 0 spiro atoms. The van der Waals surface area contributed by atoms with Crippen LogP contribution in [0.2, 0.25) is 0 Å². The van der Waals surface area contributed by atoms with Crippen molar-refractivity contribution < 1.29 is 18.8 Å². The predicted octanol–water partition coefficient (Wildman–Crippen LogP) is 1.15. The Labute approximate surface area is 127 Å². The van der Waals surface area contributed by atoms with E-state index in [2.05, 4.69) is 15.8 Å². The number of aromatic nitrogens is 1. The van der Waals surface area contributed by atoms with Crippen molar-refractivity contribution in [1.29, 1.82) is 0 Å². The summed E-state index contributed by atoms with van der Waals surface area (Å²) in [6.07, 6.45) is 0. The van der Waals surface area contributed by atoms with Crippen LogP contribution in [0.5, 0.6) is 5.75 Å². The van der Waals surface area contributed by atoms with E-state index < -0.39 is 0 Å². The van der Waals surface area contributed by atoms with Gasteiger partial charge in [-0.25, -0.2) is 0 Å². The Hall–Kier alpha value is -2.83. The Kier molecular flexibility index (Phi) is 5.13. The Balaban J connectivity index is 1.73. The van der Waals surface area contributed by atoms with E-state index in [4.69, 9.17) is 9.26 Å². The molecule has 0 aliphatic rings. The van der Waals surface area contributed by atoms with Crippen molar-refractivity contribution in [2.24, 2.45) is 0 Å². The van der Waals surface area contributed by atoms with Crippen molar-refractivity contribution in [1.82, 2.24) is 15.8 Å². The molecule has 0 aliphatic heterocycles. The van der Waals surface area contributed by atoms with Crippen LogP contribution in [0.1, 0.15) is 26.6 Å². The minimum absolute atomic E-state index is 0.214. The number of hydrogen-bond acceptors (Lipinski definition) is 5. The third-order valence-corrected chi connectivity index (χ3v) is 2.91. The lowest BCUT2D eigenvalue weighted by molar-refractivity contribution is 0.0922. The van der Waals surface area contributed by atoms with Gasteiger partial charge >= 0.3 is 0 Å².